The largest absolute Gasteiger partial charge is 0.497 e. The van der Waals surface area contributed by atoms with Gasteiger partial charge < -0.3 is 14.8 Å². The highest BCUT2D eigenvalue weighted by atomic mass is 32.2. The van der Waals surface area contributed by atoms with Crippen LogP contribution in [0.1, 0.15) is 36.7 Å². The van der Waals surface area contributed by atoms with Crippen molar-refractivity contribution in [1.82, 2.24) is 0 Å². The molecular formula is C25H28N2O5S. The van der Waals surface area contributed by atoms with E-state index in [-0.39, 0.29) is 21.9 Å². The standard InChI is InChI=1S/C25H28N2O5S/c1-25(2,3)18-8-6-17(7-9-18)24(28)26-19-10-13-21(14-11-19)33(29,30)27-22-16-20(31-4)12-15-23(22)32-5/h6-16,27H,1-5H3,(H,26,28). The maximum atomic E-state index is 12.8. The number of hydrogen-bond acceptors (Lipinski definition) is 5. The summed E-state index contributed by atoms with van der Waals surface area (Å²) in [5, 5.41) is 2.79. The van der Waals surface area contributed by atoms with Crippen LogP contribution in [0.2, 0.25) is 0 Å². The zero-order valence-electron chi connectivity index (χ0n) is 19.3. The predicted octanol–water partition coefficient (Wildman–Crippen LogP) is 5.05. The van der Waals surface area contributed by atoms with E-state index in [9.17, 15) is 13.2 Å². The predicted molar refractivity (Wildman–Crippen MR) is 130 cm³/mol. The first-order chi connectivity index (χ1) is 15.5. The third-order valence-corrected chi connectivity index (χ3v) is 6.47. The molecule has 3 rings (SSSR count). The summed E-state index contributed by atoms with van der Waals surface area (Å²) in [6.45, 7) is 6.32. The lowest BCUT2D eigenvalue weighted by molar-refractivity contribution is 0.102. The van der Waals surface area contributed by atoms with Crippen molar-refractivity contribution < 1.29 is 22.7 Å². The molecule has 0 radical (unpaired) electrons. The Bertz CT molecular complexity index is 1230. The molecule has 0 heterocycles. The molecular weight excluding hydrogens is 440 g/mol. The van der Waals surface area contributed by atoms with Crippen molar-refractivity contribution >= 4 is 27.3 Å². The molecule has 3 aromatic carbocycles. The van der Waals surface area contributed by atoms with Crippen LogP contribution in [0.15, 0.2) is 71.6 Å². The molecule has 0 atom stereocenters. The second-order valence-corrected chi connectivity index (χ2v) is 10.2. The molecule has 0 saturated heterocycles. The van der Waals surface area contributed by atoms with Crippen molar-refractivity contribution in [2.75, 3.05) is 24.3 Å². The number of carbonyl (C=O) groups is 1. The smallest absolute Gasteiger partial charge is 0.262 e. The van der Waals surface area contributed by atoms with Crippen molar-refractivity contribution in [3.05, 3.63) is 77.9 Å². The van der Waals surface area contributed by atoms with Crippen LogP contribution in [-0.2, 0) is 15.4 Å². The second-order valence-electron chi connectivity index (χ2n) is 8.48. The highest BCUT2D eigenvalue weighted by Crippen LogP contribution is 2.31. The lowest BCUT2D eigenvalue weighted by atomic mass is 9.87. The summed E-state index contributed by atoms with van der Waals surface area (Å²) in [4.78, 5) is 12.6. The molecule has 1 amide bonds. The minimum atomic E-state index is -3.89. The van der Waals surface area contributed by atoms with Crippen LogP contribution in [0.3, 0.4) is 0 Å². The summed E-state index contributed by atoms with van der Waals surface area (Å²) in [6.07, 6.45) is 0. The van der Waals surface area contributed by atoms with Gasteiger partial charge in [-0.3, -0.25) is 9.52 Å². The third-order valence-electron chi connectivity index (χ3n) is 5.09. The molecule has 33 heavy (non-hydrogen) atoms. The molecule has 0 bridgehead atoms. The minimum Gasteiger partial charge on any atom is -0.497 e. The molecule has 174 valence electrons. The molecule has 0 aliphatic heterocycles. The Kier molecular flexibility index (Phi) is 6.98. The summed E-state index contributed by atoms with van der Waals surface area (Å²) in [5.74, 6) is 0.577. The zero-order valence-corrected chi connectivity index (χ0v) is 20.1. The van der Waals surface area contributed by atoms with E-state index in [1.54, 1.807) is 36.4 Å². The Balaban J connectivity index is 1.74. The summed E-state index contributed by atoms with van der Waals surface area (Å²) in [5.41, 5.74) is 2.39. The van der Waals surface area contributed by atoms with E-state index in [2.05, 4.69) is 30.8 Å². The molecule has 7 nitrogen and oxygen atoms in total. The van der Waals surface area contributed by atoms with Crippen molar-refractivity contribution in [1.29, 1.82) is 0 Å². The van der Waals surface area contributed by atoms with Gasteiger partial charge in [-0.15, -0.1) is 0 Å². The SMILES string of the molecule is COc1ccc(OC)c(NS(=O)(=O)c2ccc(NC(=O)c3ccc(C(C)(C)C)cc3)cc2)c1. The average Bonchev–Trinajstić information content (AvgIpc) is 2.78. The first-order valence-corrected chi connectivity index (χ1v) is 11.8. The van der Waals surface area contributed by atoms with Gasteiger partial charge in [-0.2, -0.15) is 0 Å². The topological polar surface area (TPSA) is 93.7 Å². The summed E-state index contributed by atoms with van der Waals surface area (Å²) in [6, 6.07) is 18.2. The van der Waals surface area contributed by atoms with E-state index in [4.69, 9.17) is 9.47 Å². The molecule has 0 unspecified atom stereocenters. The van der Waals surface area contributed by atoms with Gasteiger partial charge in [0.2, 0.25) is 0 Å². The van der Waals surface area contributed by atoms with Gasteiger partial charge in [-0.1, -0.05) is 32.9 Å². The van der Waals surface area contributed by atoms with Gasteiger partial charge in [-0.25, -0.2) is 8.42 Å². The van der Waals surface area contributed by atoms with E-state index in [1.807, 2.05) is 12.1 Å². The highest BCUT2D eigenvalue weighted by molar-refractivity contribution is 7.92. The van der Waals surface area contributed by atoms with Gasteiger partial charge in [0.25, 0.3) is 15.9 Å². The molecule has 0 aromatic heterocycles. The lowest BCUT2D eigenvalue weighted by Crippen LogP contribution is -2.15. The summed E-state index contributed by atoms with van der Waals surface area (Å²) >= 11 is 0. The molecule has 0 aliphatic rings. The molecule has 0 saturated carbocycles. The first kappa shape index (κ1) is 24.1. The number of sulfonamides is 1. The van der Waals surface area contributed by atoms with Crippen LogP contribution in [0, 0.1) is 0 Å². The van der Waals surface area contributed by atoms with Crippen molar-refractivity contribution in [3.8, 4) is 11.5 Å². The summed E-state index contributed by atoms with van der Waals surface area (Å²) < 4.78 is 38.6. The van der Waals surface area contributed by atoms with Gasteiger partial charge in [0.05, 0.1) is 24.8 Å². The molecule has 2 N–H and O–H groups in total. The zero-order chi connectivity index (χ0) is 24.2. The number of methoxy groups -OCH3 is 2. The Labute approximate surface area is 194 Å². The van der Waals surface area contributed by atoms with Crippen LogP contribution in [0.4, 0.5) is 11.4 Å². The number of hydrogen-bond donors (Lipinski definition) is 2. The van der Waals surface area contributed by atoms with E-state index in [0.717, 1.165) is 5.56 Å². The van der Waals surface area contributed by atoms with E-state index < -0.39 is 10.0 Å². The van der Waals surface area contributed by atoms with Crippen LogP contribution in [0.5, 0.6) is 11.5 Å². The number of benzene rings is 3. The number of rotatable bonds is 7. The lowest BCUT2D eigenvalue weighted by Gasteiger charge is -2.19. The average molecular weight is 469 g/mol. The fraction of sp³-hybridized carbons (Fsp3) is 0.240. The molecule has 8 heteroatoms. The molecule has 3 aromatic rings. The van der Waals surface area contributed by atoms with Gasteiger partial charge in [0.1, 0.15) is 11.5 Å². The maximum Gasteiger partial charge on any atom is 0.262 e. The fourth-order valence-corrected chi connectivity index (χ4v) is 4.20. The van der Waals surface area contributed by atoms with Crippen molar-refractivity contribution in [3.63, 3.8) is 0 Å². The van der Waals surface area contributed by atoms with E-state index in [1.165, 1.54) is 32.4 Å². The number of amides is 1. The van der Waals surface area contributed by atoms with Gasteiger partial charge in [0, 0.05) is 17.3 Å². The molecule has 0 spiro atoms. The molecule has 0 fully saturated rings. The van der Waals surface area contributed by atoms with Crippen LogP contribution in [-0.4, -0.2) is 28.5 Å². The van der Waals surface area contributed by atoms with Crippen molar-refractivity contribution in [2.45, 2.75) is 31.1 Å². The summed E-state index contributed by atoms with van der Waals surface area (Å²) in [7, 11) is -0.941. The Morgan fingerprint density at radius 3 is 2.03 bits per heavy atom. The fourth-order valence-electron chi connectivity index (χ4n) is 3.14. The number of carbonyl (C=O) groups excluding carboxylic acids is 1. The number of nitrogens with one attached hydrogen (secondary N) is 2. The minimum absolute atomic E-state index is 0.000731. The highest BCUT2D eigenvalue weighted by Gasteiger charge is 2.18. The van der Waals surface area contributed by atoms with Gasteiger partial charge in [0.15, 0.2) is 0 Å². The normalized spacial score (nSPS) is 11.5. The first-order valence-electron chi connectivity index (χ1n) is 10.3. The van der Waals surface area contributed by atoms with Crippen LogP contribution in [0.25, 0.3) is 0 Å². The van der Waals surface area contributed by atoms with E-state index in [0.29, 0.717) is 22.7 Å². The monoisotopic (exact) mass is 468 g/mol. The van der Waals surface area contributed by atoms with Crippen molar-refractivity contribution in [2.24, 2.45) is 0 Å². The quantitative estimate of drug-likeness (QED) is 0.506. The Morgan fingerprint density at radius 2 is 1.48 bits per heavy atom. The van der Waals surface area contributed by atoms with Crippen LogP contribution >= 0.6 is 0 Å². The Hall–Kier alpha value is -3.52. The van der Waals surface area contributed by atoms with Crippen LogP contribution < -0.4 is 19.5 Å². The second kappa shape index (κ2) is 9.54. The number of ether oxygens (including phenoxy) is 2. The van der Waals surface area contributed by atoms with E-state index >= 15 is 0 Å². The molecule has 0 aliphatic carbocycles. The Morgan fingerprint density at radius 1 is 0.848 bits per heavy atom. The number of anilines is 2. The third kappa shape index (κ3) is 5.84. The van der Waals surface area contributed by atoms with Gasteiger partial charge in [-0.05, 0) is 59.5 Å². The van der Waals surface area contributed by atoms with Gasteiger partial charge >= 0.3 is 0 Å². The maximum absolute atomic E-state index is 12.8.